The normalized spacial score (nSPS) is 10.8. The lowest BCUT2D eigenvalue weighted by Gasteiger charge is -2.06. The lowest BCUT2D eigenvalue weighted by atomic mass is 10.2. The predicted molar refractivity (Wildman–Crippen MR) is 73.1 cm³/mol. The van der Waals surface area contributed by atoms with Crippen molar-refractivity contribution in [3.8, 4) is 0 Å². The molecule has 0 radical (unpaired) electrons. The zero-order chi connectivity index (χ0) is 12.5. The van der Waals surface area contributed by atoms with Crippen LogP contribution in [0.15, 0.2) is 36.7 Å². The van der Waals surface area contributed by atoms with Gasteiger partial charge in [0.05, 0.1) is 5.39 Å². The van der Waals surface area contributed by atoms with Crippen molar-refractivity contribution >= 4 is 22.5 Å². The van der Waals surface area contributed by atoms with Crippen LogP contribution in [-0.2, 0) is 0 Å². The summed E-state index contributed by atoms with van der Waals surface area (Å²) >= 11 is 0. The number of H-pyrrole nitrogens is 1. The molecule has 4 nitrogen and oxygen atoms in total. The summed E-state index contributed by atoms with van der Waals surface area (Å²) in [5, 5.41) is 4.34. The molecular weight excluding hydrogens is 224 g/mol. The van der Waals surface area contributed by atoms with E-state index >= 15 is 0 Å². The number of aromatic nitrogens is 3. The number of nitrogens with zero attached hydrogens (tertiary/aromatic N) is 2. The van der Waals surface area contributed by atoms with Crippen molar-refractivity contribution in [2.24, 2.45) is 0 Å². The molecule has 2 N–H and O–H groups in total. The summed E-state index contributed by atoms with van der Waals surface area (Å²) < 4.78 is 0. The highest BCUT2D eigenvalue weighted by atomic mass is 15.0. The van der Waals surface area contributed by atoms with Gasteiger partial charge in [0.1, 0.15) is 17.8 Å². The molecule has 0 saturated heterocycles. The minimum atomic E-state index is 0.829. The maximum absolute atomic E-state index is 4.30. The number of benzene rings is 1. The van der Waals surface area contributed by atoms with Crippen molar-refractivity contribution in [1.82, 2.24) is 15.0 Å². The fourth-order valence-electron chi connectivity index (χ4n) is 2.03. The van der Waals surface area contributed by atoms with Gasteiger partial charge in [0.15, 0.2) is 0 Å². The van der Waals surface area contributed by atoms with Gasteiger partial charge < -0.3 is 10.3 Å². The van der Waals surface area contributed by atoms with E-state index in [2.05, 4.69) is 39.3 Å². The van der Waals surface area contributed by atoms with E-state index in [0.29, 0.717) is 0 Å². The number of fused-ring (bicyclic) bond motifs is 1. The molecule has 2 heterocycles. The molecule has 0 aliphatic heterocycles. The quantitative estimate of drug-likeness (QED) is 0.720. The first-order valence-electron chi connectivity index (χ1n) is 5.86. The first-order chi connectivity index (χ1) is 8.72. The Morgan fingerprint density at radius 1 is 1.11 bits per heavy atom. The Morgan fingerprint density at radius 3 is 2.83 bits per heavy atom. The standard InChI is InChI=1S/C14H14N4/c1-9-4-3-5-11(6-9)18-14-12-7-10(2)17-13(12)15-8-16-14/h3-8H,1-2H3,(H2,15,16,17,18). The SMILES string of the molecule is Cc1cccc(Nc2ncnc3[nH]c(C)cc23)c1. The Morgan fingerprint density at radius 2 is 2.00 bits per heavy atom. The summed E-state index contributed by atoms with van der Waals surface area (Å²) in [5.74, 6) is 0.829. The molecule has 2 aromatic heterocycles. The van der Waals surface area contributed by atoms with Crippen molar-refractivity contribution in [3.05, 3.63) is 47.9 Å². The summed E-state index contributed by atoms with van der Waals surface area (Å²) in [5.41, 5.74) is 4.19. The Kier molecular flexibility index (Phi) is 2.48. The van der Waals surface area contributed by atoms with Crippen LogP contribution < -0.4 is 5.32 Å². The number of aromatic amines is 1. The van der Waals surface area contributed by atoms with Gasteiger partial charge in [0, 0.05) is 11.4 Å². The van der Waals surface area contributed by atoms with Gasteiger partial charge in [-0.3, -0.25) is 0 Å². The molecule has 0 aliphatic rings. The monoisotopic (exact) mass is 238 g/mol. The lowest BCUT2D eigenvalue weighted by Crippen LogP contribution is -1.95. The Labute approximate surface area is 105 Å². The van der Waals surface area contributed by atoms with E-state index in [1.165, 1.54) is 5.56 Å². The number of hydrogen-bond donors (Lipinski definition) is 2. The van der Waals surface area contributed by atoms with E-state index in [-0.39, 0.29) is 0 Å². The zero-order valence-electron chi connectivity index (χ0n) is 10.4. The van der Waals surface area contributed by atoms with Crippen LogP contribution in [0.2, 0.25) is 0 Å². The molecule has 4 heteroatoms. The second-order valence-electron chi connectivity index (χ2n) is 4.43. The third-order valence-electron chi connectivity index (χ3n) is 2.84. The van der Waals surface area contributed by atoms with Crippen LogP contribution in [-0.4, -0.2) is 15.0 Å². The fraction of sp³-hybridized carbons (Fsp3) is 0.143. The largest absolute Gasteiger partial charge is 0.343 e. The Balaban J connectivity index is 2.04. The molecule has 0 bridgehead atoms. The number of hydrogen-bond acceptors (Lipinski definition) is 3. The molecule has 18 heavy (non-hydrogen) atoms. The van der Waals surface area contributed by atoms with Gasteiger partial charge in [-0.1, -0.05) is 12.1 Å². The number of nitrogens with one attached hydrogen (secondary N) is 2. The van der Waals surface area contributed by atoms with Crippen molar-refractivity contribution in [2.75, 3.05) is 5.32 Å². The molecule has 0 spiro atoms. The summed E-state index contributed by atoms with van der Waals surface area (Å²) in [6.45, 7) is 4.08. The first-order valence-corrected chi connectivity index (χ1v) is 5.86. The topological polar surface area (TPSA) is 53.6 Å². The van der Waals surface area contributed by atoms with Crippen LogP contribution in [0.3, 0.4) is 0 Å². The highest BCUT2D eigenvalue weighted by Crippen LogP contribution is 2.23. The fourth-order valence-corrected chi connectivity index (χ4v) is 2.03. The summed E-state index contributed by atoms with van der Waals surface area (Å²) in [4.78, 5) is 11.7. The molecule has 0 amide bonds. The predicted octanol–water partition coefficient (Wildman–Crippen LogP) is 3.32. The van der Waals surface area contributed by atoms with Gasteiger partial charge in [-0.2, -0.15) is 0 Å². The summed E-state index contributed by atoms with van der Waals surface area (Å²) in [6, 6.07) is 10.3. The summed E-state index contributed by atoms with van der Waals surface area (Å²) in [6.07, 6.45) is 1.57. The van der Waals surface area contributed by atoms with Crippen LogP contribution >= 0.6 is 0 Å². The van der Waals surface area contributed by atoms with Crippen LogP contribution in [0.4, 0.5) is 11.5 Å². The number of aryl methyl sites for hydroxylation is 2. The Hall–Kier alpha value is -2.36. The minimum absolute atomic E-state index is 0.829. The highest BCUT2D eigenvalue weighted by molar-refractivity contribution is 5.89. The molecule has 0 aliphatic carbocycles. The van der Waals surface area contributed by atoms with Gasteiger partial charge in [0.2, 0.25) is 0 Å². The minimum Gasteiger partial charge on any atom is -0.343 e. The molecular formula is C14H14N4. The van der Waals surface area contributed by atoms with Gasteiger partial charge in [-0.25, -0.2) is 9.97 Å². The maximum Gasteiger partial charge on any atom is 0.143 e. The maximum atomic E-state index is 4.30. The molecule has 0 saturated carbocycles. The van der Waals surface area contributed by atoms with Crippen molar-refractivity contribution in [3.63, 3.8) is 0 Å². The van der Waals surface area contributed by atoms with Gasteiger partial charge in [0.25, 0.3) is 0 Å². The number of anilines is 2. The van der Waals surface area contributed by atoms with Crippen LogP contribution in [0.1, 0.15) is 11.3 Å². The first kappa shape index (κ1) is 10.8. The average Bonchev–Trinajstić information content (AvgIpc) is 2.71. The Bertz CT molecular complexity index is 700. The van der Waals surface area contributed by atoms with E-state index in [0.717, 1.165) is 28.2 Å². The third-order valence-corrected chi connectivity index (χ3v) is 2.84. The van der Waals surface area contributed by atoms with Gasteiger partial charge >= 0.3 is 0 Å². The van der Waals surface area contributed by atoms with Crippen molar-refractivity contribution < 1.29 is 0 Å². The molecule has 1 aromatic carbocycles. The lowest BCUT2D eigenvalue weighted by molar-refractivity contribution is 1.18. The summed E-state index contributed by atoms with van der Waals surface area (Å²) in [7, 11) is 0. The third kappa shape index (κ3) is 1.93. The van der Waals surface area contributed by atoms with Crippen LogP contribution in [0.5, 0.6) is 0 Å². The molecule has 90 valence electrons. The van der Waals surface area contributed by atoms with E-state index in [1.54, 1.807) is 6.33 Å². The van der Waals surface area contributed by atoms with Gasteiger partial charge in [-0.05, 0) is 37.6 Å². The average molecular weight is 238 g/mol. The molecule has 3 rings (SSSR count). The van der Waals surface area contributed by atoms with Gasteiger partial charge in [-0.15, -0.1) is 0 Å². The van der Waals surface area contributed by atoms with Crippen molar-refractivity contribution in [2.45, 2.75) is 13.8 Å². The molecule has 0 unspecified atom stereocenters. The highest BCUT2D eigenvalue weighted by Gasteiger charge is 2.06. The van der Waals surface area contributed by atoms with E-state index in [1.807, 2.05) is 25.1 Å². The van der Waals surface area contributed by atoms with E-state index in [9.17, 15) is 0 Å². The second-order valence-corrected chi connectivity index (χ2v) is 4.43. The second kappa shape index (κ2) is 4.14. The van der Waals surface area contributed by atoms with Crippen molar-refractivity contribution in [1.29, 1.82) is 0 Å². The van der Waals surface area contributed by atoms with E-state index in [4.69, 9.17) is 0 Å². The molecule has 0 atom stereocenters. The number of rotatable bonds is 2. The van der Waals surface area contributed by atoms with Crippen LogP contribution in [0, 0.1) is 13.8 Å². The van der Waals surface area contributed by atoms with E-state index < -0.39 is 0 Å². The smallest absolute Gasteiger partial charge is 0.143 e. The molecule has 3 aromatic rings. The van der Waals surface area contributed by atoms with Crippen LogP contribution in [0.25, 0.3) is 11.0 Å². The zero-order valence-corrected chi connectivity index (χ0v) is 10.4. The molecule has 0 fully saturated rings.